The Morgan fingerprint density at radius 2 is 1.73 bits per heavy atom. The van der Waals surface area contributed by atoms with Crippen LogP contribution in [0.5, 0.6) is 0 Å². The Bertz CT molecular complexity index is 1900. The van der Waals surface area contributed by atoms with Gasteiger partial charge in [-0.15, -0.1) is 0 Å². The quantitative estimate of drug-likeness (QED) is 0.228. The molecule has 2 saturated heterocycles. The van der Waals surface area contributed by atoms with Crippen molar-refractivity contribution in [1.82, 2.24) is 29.2 Å². The molecule has 2 aliphatic rings. The van der Waals surface area contributed by atoms with Gasteiger partial charge in [-0.3, -0.25) is 9.20 Å². The zero-order valence-corrected chi connectivity index (χ0v) is 26.0. The van der Waals surface area contributed by atoms with Gasteiger partial charge in [-0.25, -0.2) is 24.3 Å². The van der Waals surface area contributed by atoms with Crippen molar-refractivity contribution in [3.8, 4) is 28.5 Å². The highest BCUT2D eigenvalue weighted by Crippen LogP contribution is 2.37. The minimum Gasteiger partial charge on any atom is -0.342 e. The number of imidazole rings is 1. The molecule has 4 aromatic heterocycles. The third-order valence-corrected chi connectivity index (χ3v) is 9.74. The van der Waals surface area contributed by atoms with Gasteiger partial charge in [-0.1, -0.05) is 18.3 Å². The molecule has 0 saturated carbocycles. The molecule has 12 heteroatoms. The minimum atomic E-state index is -0.339. The van der Waals surface area contributed by atoms with Gasteiger partial charge in [-0.2, -0.15) is 5.26 Å². The highest BCUT2D eigenvalue weighted by Gasteiger charge is 2.31. The molecule has 228 valence electrons. The Labute approximate surface area is 264 Å². The maximum absolute atomic E-state index is 13.5. The van der Waals surface area contributed by atoms with E-state index < -0.39 is 0 Å². The van der Waals surface area contributed by atoms with Crippen LogP contribution in [-0.4, -0.2) is 68.4 Å². The number of hydrogen-bond donors (Lipinski definition) is 0. The molecule has 2 aliphatic heterocycles. The molecular weight excluding hydrogens is 589 g/mol. The lowest BCUT2D eigenvalue weighted by Gasteiger charge is -2.37. The normalized spacial score (nSPS) is 15.2. The maximum atomic E-state index is 13.5. The monoisotopic (exact) mass is 621 g/mol. The van der Waals surface area contributed by atoms with Gasteiger partial charge in [0.05, 0.1) is 5.69 Å². The number of halogens is 1. The van der Waals surface area contributed by atoms with E-state index in [1.807, 2.05) is 52.0 Å². The van der Waals surface area contributed by atoms with Gasteiger partial charge in [-0.05, 0) is 62.1 Å². The van der Waals surface area contributed by atoms with Gasteiger partial charge in [0.15, 0.2) is 5.13 Å². The van der Waals surface area contributed by atoms with Crippen molar-refractivity contribution in [2.24, 2.45) is 5.92 Å². The molecule has 10 nitrogen and oxygen atoms in total. The number of rotatable bonds is 7. The standard InChI is InChI=1S/C33H32FN9OS/c1-3-26-30(40(2)33-39-29(27(17-35)45-33)21-5-8-25(34)9-6-21)43-20-23(7-10-28(43)38-26)24-18-36-32(37-19-24)42-15-11-22(12-16-42)31(44)41-13-4-14-41/h5-10,18-20,22H,3-4,11-16H2,1-2H3. The minimum absolute atomic E-state index is 0.105. The van der Waals surface area contributed by atoms with Gasteiger partial charge in [0.1, 0.15) is 33.9 Å². The van der Waals surface area contributed by atoms with E-state index in [2.05, 4.69) is 17.9 Å². The molecule has 5 aromatic rings. The van der Waals surface area contributed by atoms with Gasteiger partial charge >= 0.3 is 0 Å². The zero-order chi connectivity index (χ0) is 31.1. The van der Waals surface area contributed by atoms with Crippen LogP contribution in [0.15, 0.2) is 55.0 Å². The number of amides is 1. The van der Waals surface area contributed by atoms with Crippen LogP contribution in [0, 0.1) is 23.1 Å². The number of hydrogen-bond acceptors (Lipinski definition) is 9. The number of thiazole rings is 1. The molecule has 0 radical (unpaired) electrons. The van der Waals surface area contributed by atoms with Crippen LogP contribution in [0.2, 0.25) is 0 Å². The molecule has 0 unspecified atom stereocenters. The lowest BCUT2D eigenvalue weighted by atomic mass is 9.94. The first-order valence-electron chi connectivity index (χ1n) is 15.2. The van der Waals surface area contributed by atoms with E-state index in [0.717, 1.165) is 73.7 Å². The van der Waals surface area contributed by atoms with Crippen LogP contribution in [-0.2, 0) is 11.2 Å². The molecule has 7 rings (SSSR count). The second-order valence-electron chi connectivity index (χ2n) is 11.4. The summed E-state index contributed by atoms with van der Waals surface area (Å²) in [6, 6.07) is 12.3. The van der Waals surface area contributed by atoms with Crippen LogP contribution in [0.3, 0.4) is 0 Å². The van der Waals surface area contributed by atoms with Crippen LogP contribution < -0.4 is 9.80 Å². The Hall–Kier alpha value is -4.89. The summed E-state index contributed by atoms with van der Waals surface area (Å²) in [7, 11) is 1.92. The van der Waals surface area contributed by atoms with E-state index in [9.17, 15) is 14.4 Å². The number of aryl methyl sites for hydroxylation is 1. The van der Waals surface area contributed by atoms with Crippen molar-refractivity contribution in [2.45, 2.75) is 32.6 Å². The first kappa shape index (κ1) is 28.9. The van der Waals surface area contributed by atoms with Crippen LogP contribution >= 0.6 is 11.3 Å². The second-order valence-corrected chi connectivity index (χ2v) is 12.4. The van der Waals surface area contributed by atoms with E-state index in [1.165, 1.54) is 23.5 Å². The maximum Gasteiger partial charge on any atom is 0.225 e. The number of benzene rings is 1. The number of anilines is 3. The number of aromatic nitrogens is 5. The van der Waals surface area contributed by atoms with E-state index in [1.54, 1.807) is 12.1 Å². The highest BCUT2D eigenvalue weighted by atomic mass is 32.1. The topological polar surface area (TPSA) is 107 Å². The lowest BCUT2D eigenvalue weighted by molar-refractivity contribution is -0.139. The number of fused-ring (bicyclic) bond motifs is 1. The first-order chi connectivity index (χ1) is 21.9. The summed E-state index contributed by atoms with van der Waals surface area (Å²) >= 11 is 1.29. The SMILES string of the molecule is CCc1nc2ccc(-c3cnc(N4CCC(C(=O)N5CCC5)CC4)nc3)cn2c1N(C)c1nc(-c2ccc(F)cc2)c(C#N)s1. The number of nitriles is 1. The van der Waals surface area contributed by atoms with Crippen molar-refractivity contribution in [3.63, 3.8) is 0 Å². The molecule has 45 heavy (non-hydrogen) atoms. The van der Waals surface area contributed by atoms with Crippen LogP contribution in [0.4, 0.5) is 21.3 Å². The molecular formula is C33H32FN9OS. The van der Waals surface area contributed by atoms with E-state index in [-0.39, 0.29) is 11.7 Å². The van der Waals surface area contributed by atoms with Gasteiger partial charge in [0, 0.05) is 74.4 Å². The van der Waals surface area contributed by atoms with Gasteiger partial charge in [0.25, 0.3) is 0 Å². The summed E-state index contributed by atoms with van der Waals surface area (Å²) in [6.07, 6.45) is 9.19. The number of carbonyl (C=O) groups is 1. The molecule has 6 heterocycles. The third kappa shape index (κ3) is 5.37. The smallest absolute Gasteiger partial charge is 0.225 e. The van der Waals surface area contributed by atoms with Gasteiger partial charge in [0.2, 0.25) is 11.9 Å². The van der Waals surface area contributed by atoms with Crippen molar-refractivity contribution in [1.29, 1.82) is 5.26 Å². The molecule has 0 spiro atoms. The van der Waals surface area contributed by atoms with Crippen molar-refractivity contribution in [2.75, 3.05) is 43.0 Å². The Balaban J connectivity index is 1.14. The molecule has 1 aromatic carbocycles. The van der Waals surface area contributed by atoms with Crippen LogP contribution in [0.25, 0.3) is 28.0 Å². The summed E-state index contributed by atoms with van der Waals surface area (Å²) in [6.45, 7) is 5.40. The van der Waals surface area contributed by atoms with Crippen molar-refractivity contribution < 1.29 is 9.18 Å². The zero-order valence-electron chi connectivity index (χ0n) is 25.1. The largest absolute Gasteiger partial charge is 0.342 e. The first-order valence-corrected chi connectivity index (χ1v) is 16.0. The number of carbonyl (C=O) groups excluding carboxylic acids is 1. The van der Waals surface area contributed by atoms with E-state index in [0.29, 0.717) is 39.5 Å². The van der Waals surface area contributed by atoms with E-state index in [4.69, 9.17) is 19.9 Å². The number of piperidine rings is 1. The van der Waals surface area contributed by atoms with E-state index >= 15 is 0 Å². The summed E-state index contributed by atoms with van der Waals surface area (Å²) in [4.78, 5) is 38.2. The van der Waals surface area contributed by atoms with Crippen molar-refractivity contribution >= 4 is 39.8 Å². The third-order valence-electron chi connectivity index (χ3n) is 8.70. The summed E-state index contributed by atoms with van der Waals surface area (Å²) in [5, 5.41) is 10.5. The fraction of sp³-hybridized carbons (Fsp3) is 0.333. The van der Waals surface area contributed by atoms with Crippen molar-refractivity contribution in [3.05, 3.63) is 71.4 Å². The fourth-order valence-corrected chi connectivity index (χ4v) is 6.87. The molecule has 0 aliphatic carbocycles. The Kier molecular flexibility index (Phi) is 7.63. The van der Waals surface area contributed by atoms with Crippen LogP contribution in [0.1, 0.15) is 36.8 Å². The van der Waals surface area contributed by atoms with Gasteiger partial charge < -0.3 is 14.7 Å². The molecule has 2 fully saturated rings. The fourth-order valence-electron chi connectivity index (χ4n) is 6.02. The molecule has 0 N–H and O–H groups in total. The Morgan fingerprint density at radius 3 is 2.38 bits per heavy atom. The predicted molar refractivity (Wildman–Crippen MR) is 172 cm³/mol. The number of likely N-dealkylation sites (tertiary alicyclic amines) is 1. The molecule has 0 atom stereocenters. The number of nitrogens with zero attached hydrogens (tertiary/aromatic N) is 9. The second kappa shape index (κ2) is 11.9. The molecule has 0 bridgehead atoms. The lowest BCUT2D eigenvalue weighted by Crippen LogP contribution is -2.48. The summed E-state index contributed by atoms with van der Waals surface area (Å²) in [5.41, 5.74) is 4.72. The average molecular weight is 622 g/mol. The Morgan fingerprint density at radius 1 is 1.02 bits per heavy atom. The predicted octanol–water partition coefficient (Wildman–Crippen LogP) is 5.70. The number of pyridine rings is 1. The summed E-state index contributed by atoms with van der Waals surface area (Å²) < 4.78 is 15.6. The average Bonchev–Trinajstić information content (AvgIpc) is 3.66. The molecule has 1 amide bonds. The highest BCUT2D eigenvalue weighted by molar-refractivity contribution is 7.16. The summed E-state index contributed by atoms with van der Waals surface area (Å²) in [5.74, 6) is 1.60.